The van der Waals surface area contributed by atoms with Gasteiger partial charge in [-0.3, -0.25) is 9.36 Å². The Bertz CT molecular complexity index is 817. The van der Waals surface area contributed by atoms with E-state index in [4.69, 9.17) is 11.6 Å². The van der Waals surface area contributed by atoms with Gasteiger partial charge in [0.05, 0.1) is 11.3 Å². The quantitative estimate of drug-likeness (QED) is 0.781. The predicted molar refractivity (Wildman–Crippen MR) is 77.7 cm³/mol. The highest BCUT2D eigenvalue weighted by Gasteiger charge is 2.13. The molecule has 1 aromatic carbocycles. The van der Waals surface area contributed by atoms with Crippen LogP contribution in [0, 0.1) is 5.92 Å². The SMILES string of the molecule is CC(C)Cn1cnc2c([nH]c3cccc(Cl)c32)c1=O. The van der Waals surface area contributed by atoms with E-state index < -0.39 is 0 Å². The summed E-state index contributed by atoms with van der Waals surface area (Å²) in [5.74, 6) is 0.393. The van der Waals surface area contributed by atoms with Crippen molar-refractivity contribution in [2.45, 2.75) is 20.4 Å². The first-order valence-corrected chi connectivity index (χ1v) is 6.61. The summed E-state index contributed by atoms with van der Waals surface area (Å²) in [5.41, 5.74) is 1.96. The molecular weight excluding hydrogens is 262 g/mol. The van der Waals surface area contributed by atoms with Crippen LogP contribution in [0.3, 0.4) is 0 Å². The van der Waals surface area contributed by atoms with Gasteiger partial charge < -0.3 is 4.98 Å². The van der Waals surface area contributed by atoms with Crippen LogP contribution in [0.5, 0.6) is 0 Å². The summed E-state index contributed by atoms with van der Waals surface area (Å²) in [4.78, 5) is 19.9. The Morgan fingerprint density at radius 2 is 2.21 bits per heavy atom. The summed E-state index contributed by atoms with van der Waals surface area (Å²) in [6, 6.07) is 5.56. The van der Waals surface area contributed by atoms with Crippen LogP contribution in [-0.4, -0.2) is 14.5 Å². The molecule has 2 heterocycles. The lowest BCUT2D eigenvalue weighted by Crippen LogP contribution is -2.22. The number of aromatic nitrogens is 3. The molecule has 0 spiro atoms. The van der Waals surface area contributed by atoms with Crippen molar-refractivity contribution in [3.8, 4) is 0 Å². The number of fused-ring (bicyclic) bond motifs is 3. The Morgan fingerprint density at radius 3 is 2.95 bits per heavy atom. The van der Waals surface area contributed by atoms with Gasteiger partial charge in [0.1, 0.15) is 11.0 Å². The Hall–Kier alpha value is -1.81. The predicted octanol–water partition coefficient (Wildman–Crippen LogP) is 3.19. The maximum Gasteiger partial charge on any atom is 0.277 e. The minimum absolute atomic E-state index is 0.0500. The van der Waals surface area contributed by atoms with Crippen molar-refractivity contribution >= 4 is 33.5 Å². The van der Waals surface area contributed by atoms with Gasteiger partial charge in [-0.1, -0.05) is 31.5 Å². The van der Waals surface area contributed by atoms with Crippen LogP contribution in [0.25, 0.3) is 21.9 Å². The van der Waals surface area contributed by atoms with E-state index in [1.807, 2.05) is 12.1 Å². The van der Waals surface area contributed by atoms with Crippen LogP contribution in [-0.2, 0) is 6.54 Å². The number of halogens is 1. The highest BCUT2D eigenvalue weighted by atomic mass is 35.5. The van der Waals surface area contributed by atoms with Crippen molar-refractivity contribution in [2.24, 2.45) is 5.92 Å². The highest BCUT2D eigenvalue weighted by Crippen LogP contribution is 2.28. The van der Waals surface area contributed by atoms with E-state index >= 15 is 0 Å². The van der Waals surface area contributed by atoms with Crippen LogP contribution in [0.1, 0.15) is 13.8 Å². The molecule has 19 heavy (non-hydrogen) atoms. The number of hydrogen-bond donors (Lipinski definition) is 1. The van der Waals surface area contributed by atoms with Gasteiger partial charge in [0, 0.05) is 17.4 Å². The van der Waals surface area contributed by atoms with Crippen LogP contribution in [0.2, 0.25) is 5.02 Å². The van der Waals surface area contributed by atoms with Crippen molar-refractivity contribution in [3.63, 3.8) is 0 Å². The maximum absolute atomic E-state index is 12.4. The molecule has 0 amide bonds. The van der Waals surface area contributed by atoms with Gasteiger partial charge in [0.2, 0.25) is 0 Å². The molecule has 5 heteroatoms. The topological polar surface area (TPSA) is 50.7 Å². The van der Waals surface area contributed by atoms with Crippen molar-refractivity contribution in [2.75, 3.05) is 0 Å². The van der Waals surface area contributed by atoms with Crippen LogP contribution in [0.15, 0.2) is 29.3 Å². The minimum atomic E-state index is -0.0500. The molecule has 0 radical (unpaired) electrons. The molecule has 0 aliphatic rings. The van der Waals surface area contributed by atoms with Crippen LogP contribution in [0.4, 0.5) is 0 Å². The van der Waals surface area contributed by atoms with Crippen LogP contribution < -0.4 is 5.56 Å². The molecule has 0 aliphatic heterocycles. The highest BCUT2D eigenvalue weighted by molar-refractivity contribution is 6.37. The van der Waals surface area contributed by atoms with Gasteiger partial charge in [-0.05, 0) is 18.1 Å². The molecular formula is C14H14ClN3O. The van der Waals surface area contributed by atoms with E-state index in [-0.39, 0.29) is 5.56 Å². The minimum Gasteiger partial charge on any atom is -0.349 e. The standard InChI is InChI=1S/C14H14ClN3O/c1-8(2)6-18-7-16-12-11-9(15)4-3-5-10(11)17-13(12)14(18)19/h3-5,7-8,17H,6H2,1-2H3. The molecule has 0 saturated carbocycles. The summed E-state index contributed by atoms with van der Waals surface area (Å²) in [6.07, 6.45) is 1.60. The monoisotopic (exact) mass is 275 g/mol. The van der Waals surface area contributed by atoms with Gasteiger partial charge in [-0.2, -0.15) is 0 Å². The van der Waals surface area contributed by atoms with Crippen LogP contribution >= 0.6 is 11.6 Å². The average Bonchev–Trinajstić information content (AvgIpc) is 2.73. The zero-order valence-corrected chi connectivity index (χ0v) is 11.5. The number of aromatic amines is 1. The normalized spacial score (nSPS) is 11.8. The zero-order valence-electron chi connectivity index (χ0n) is 10.8. The van der Waals surface area contributed by atoms with E-state index in [0.717, 1.165) is 10.9 Å². The average molecular weight is 276 g/mol. The molecule has 98 valence electrons. The summed E-state index contributed by atoms with van der Waals surface area (Å²) in [6.45, 7) is 4.79. The fourth-order valence-corrected chi connectivity index (χ4v) is 2.58. The van der Waals surface area contributed by atoms with Gasteiger partial charge in [-0.15, -0.1) is 0 Å². The third-order valence-electron chi connectivity index (χ3n) is 3.11. The Balaban J connectivity index is 2.36. The maximum atomic E-state index is 12.4. The summed E-state index contributed by atoms with van der Waals surface area (Å²) < 4.78 is 1.64. The molecule has 3 rings (SSSR count). The van der Waals surface area contributed by atoms with Gasteiger partial charge in [-0.25, -0.2) is 4.98 Å². The second-order valence-electron chi connectivity index (χ2n) is 5.11. The molecule has 0 saturated heterocycles. The lowest BCUT2D eigenvalue weighted by Gasteiger charge is -2.07. The van der Waals surface area contributed by atoms with E-state index in [0.29, 0.717) is 28.5 Å². The zero-order chi connectivity index (χ0) is 13.6. The molecule has 2 aromatic heterocycles. The number of hydrogen-bond acceptors (Lipinski definition) is 2. The van der Waals surface area contributed by atoms with E-state index in [9.17, 15) is 4.79 Å². The van der Waals surface area contributed by atoms with E-state index in [1.54, 1.807) is 17.0 Å². The van der Waals surface area contributed by atoms with E-state index in [1.165, 1.54) is 0 Å². The Morgan fingerprint density at radius 1 is 1.42 bits per heavy atom. The first-order chi connectivity index (χ1) is 9.08. The molecule has 0 bridgehead atoms. The fraction of sp³-hybridized carbons (Fsp3) is 0.286. The molecule has 0 fully saturated rings. The number of rotatable bonds is 2. The van der Waals surface area contributed by atoms with Crippen molar-refractivity contribution in [1.82, 2.24) is 14.5 Å². The van der Waals surface area contributed by atoms with E-state index in [2.05, 4.69) is 23.8 Å². The molecule has 4 nitrogen and oxygen atoms in total. The molecule has 0 unspecified atom stereocenters. The number of benzene rings is 1. The number of nitrogens with one attached hydrogen (secondary N) is 1. The van der Waals surface area contributed by atoms with Gasteiger partial charge in [0.25, 0.3) is 5.56 Å². The Labute approximate surface area is 115 Å². The Kier molecular flexibility index (Phi) is 2.82. The number of H-pyrrole nitrogens is 1. The second kappa shape index (κ2) is 4.38. The summed E-state index contributed by atoms with van der Waals surface area (Å²) in [5, 5.41) is 1.42. The number of nitrogens with zero attached hydrogens (tertiary/aromatic N) is 2. The fourth-order valence-electron chi connectivity index (χ4n) is 2.32. The molecule has 0 atom stereocenters. The summed E-state index contributed by atoms with van der Waals surface area (Å²) >= 11 is 6.18. The summed E-state index contributed by atoms with van der Waals surface area (Å²) in [7, 11) is 0. The van der Waals surface area contributed by atoms with Crippen molar-refractivity contribution in [1.29, 1.82) is 0 Å². The lowest BCUT2D eigenvalue weighted by atomic mass is 10.2. The third kappa shape index (κ3) is 1.92. The second-order valence-corrected chi connectivity index (χ2v) is 5.51. The lowest BCUT2D eigenvalue weighted by molar-refractivity contribution is 0.508. The first-order valence-electron chi connectivity index (χ1n) is 6.23. The first kappa shape index (κ1) is 12.2. The largest absolute Gasteiger partial charge is 0.349 e. The van der Waals surface area contributed by atoms with Crippen molar-refractivity contribution < 1.29 is 0 Å². The van der Waals surface area contributed by atoms with Crippen molar-refractivity contribution in [3.05, 3.63) is 39.9 Å². The third-order valence-corrected chi connectivity index (χ3v) is 3.42. The molecule has 0 aliphatic carbocycles. The van der Waals surface area contributed by atoms with Gasteiger partial charge in [0.15, 0.2) is 0 Å². The molecule has 3 aromatic rings. The molecule has 1 N–H and O–H groups in total. The smallest absolute Gasteiger partial charge is 0.277 e. The van der Waals surface area contributed by atoms with Gasteiger partial charge >= 0.3 is 0 Å².